The number of aromatic nitrogens is 2. The number of aliphatic hydroxyl groups is 2. The van der Waals surface area contributed by atoms with Gasteiger partial charge in [-0.05, 0) is 24.3 Å². The molecule has 2 heterocycles. The Morgan fingerprint density at radius 3 is 0.787 bits per heavy atom. The molecule has 0 aliphatic heterocycles. The first-order valence-electron chi connectivity index (χ1n) is 12.3. The Morgan fingerprint density at radius 2 is 0.638 bits per heavy atom. The smallest absolute Gasteiger partial charge is 0.368 e. The molecule has 0 radical (unpaired) electrons. The number of rotatable bonds is 2. The maximum atomic E-state index is 12.3. The van der Waals surface area contributed by atoms with Crippen molar-refractivity contribution < 1.29 is 89.1 Å². The number of benzene rings is 2. The van der Waals surface area contributed by atoms with Gasteiger partial charge >= 0.3 is 50.9 Å². The quantitative estimate of drug-likeness (QED) is 0.159. The molecule has 2 N–H and O–H groups in total. The van der Waals surface area contributed by atoms with E-state index in [1.165, 1.54) is 0 Å². The topological polar surface area (TPSA) is 66.2 Å². The van der Waals surface area contributed by atoms with Gasteiger partial charge in [-0.15, -0.1) is 24.3 Å². The Bertz CT molecular complexity index is 1280. The third-order valence-electron chi connectivity index (χ3n) is 5.40. The Kier molecular flexibility index (Phi) is 16.2. The molecule has 47 heavy (non-hydrogen) atoms. The minimum absolute atomic E-state index is 0. The molecule has 0 amide bonds. The Morgan fingerprint density at radius 1 is 0.404 bits per heavy atom. The molecule has 0 aliphatic rings. The molecule has 0 bridgehead atoms. The number of hydrogen-bond acceptors (Lipinski definition) is 4. The van der Waals surface area contributed by atoms with Crippen molar-refractivity contribution in [2.75, 3.05) is 0 Å². The fourth-order valence-electron chi connectivity index (χ4n) is 3.01. The van der Waals surface area contributed by atoms with E-state index in [1.54, 1.807) is 0 Å². The van der Waals surface area contributed by atoms with Crippen LogP contribution in [0.25, 0.3) is 0 Å². The summed E-state index contributed by atoms with van der Waals surface area (Å²) in [5.41, 5.74) is -10.8. The third kappa shape index (κ3) is 11.9. The van der Waals surface area contributed by atoms with Crippen molar-refractivity contribution in [2.24, 2.45) is 0 Å². The van der Waals surface area contributed by atoms with Crippen molar-refractivity contribution in [2.45, 2.75) is 35.9 Å². The zero-order valence-corrected chi connectivity index (χ0v) is 26.1. The predicted molar refractivity (Wildman–Crippen MR) is 142 cm³/mol. The van der Waals surface area contributed by atoms with E-state index in [4.69, 9.17) is 10.2 Å². The second kappa shape index (κ2) is 17.6. The van der Waals surface area contributed by atoms with Crippen LogP contribution in [0.4, 0.5) is 52.7 Å². The summed E-state index contributed by atoms with van der Waals surface area (Å²) in [6.45, 7) is 7.44. The molecule has 0 fully saturated rings. The third-order valence-corrected chi connectivity index (χ3v) is 5.40. The molecule has 0 unspecified atom stereocenters. The maximum Gasteiger partial charge on any atom is 2.00 e. The van der Waals surface area contributed by atoms with E-state index >= 15 is 0 Å². The zero-order chi connectivity index (χ0) is 35.5. The number of pyridine rings is 2. The van der Waals surface area contributed by atoms with E-state index in [2.05, 4.69) is 23.8 Å². The van der Waals surface area contributed by atoms with Gasteiger partial charge in [-0.3, -0.25) is 9.97 Å². The molecule has 0 saturated carbocycles. The average molecular weight is 764 g/mol. The van der Waals surface area contributed by atoms with Gasteiger partial charge < -0.3 is 10.2 Å². The van der Waals surface area contributed by atoms with Gasteiger partial charge in [-0.25, -0.2) is 0 Å². The van der Waals surface area contributed by atoms with E-state index in [9.17, 15) is 52.7 Å². The molecular formula is C30H24F12N2O2Zr. The summed E-state index contributed by atoms with van der Waals surface area (Å²) >= 11 is 0. The largest absolute Gasteiger partial charge is 2.00 e. The number of halogens is 12. The first kappa shape index (κ1) is 43.4. The summed E-state index contributed by atoms with van der Waals surface area (Å²) in [7, 11) is 0. The molecule has 2 aromatic heterocycles. The summed E-state index contributed by atoms with van der Waals surface area (Å²) in [4.78, 5) is 5.79. The Hall–Kier alpha value is -3.56. The van der Waals surface area contributed by atoms with E-state index in [0.29, 0.717) is 12.1 Å². The molecule has 4 nitrogen and oxygen atoms in total. The van der Waals surface area contributed by atoms with Gasteiger partial charge in [-0.1, -0.05) is 24.3 Å². The predicted octanol–water partition coefficient (Wildman–Crippen LogP) is 8.52. The van der Waals surface area contributed by atoms with Crippen LogP contribution in [0.1, 0.15) is 22.5 Å². The van der Waals surface area contributed by atoms with Crippen molar-refractivity contribution in [1.29, 1.82) is 0 Å². The van der Waals surface area contributed by atoms with Crippen molar-refractivity contribution in [3.8, 4) is 0 Å². The number of nitrogens with zero attached hydrogens (tertiary/aromatic N) is 2. The van der Waals surface area contributed by atoms with E-state index in [1.807, 2.05) is 60.7 Å². The maximum absolute atomic E-state index is 12.3. The average Bonchev–Trinajstić information content (AvgIpc) is 2.97. The van der Waals surface area contributed by atoms with Crippen molar-refractivity contribution in [3.05, 3.63) is 146 Å². The van der Waals surface area contributed by atoms with Gasteiger partial charge in [0, 0.05) is 12.4 Å². The van der Waals surface area contributed by atoms with Crippen molar-refractivity contribution in [1.82, 2.24) is 9.97 Å². The van der Waals surface area contributed by atoms with Crippen LogP contribution in [0.5, 0.6) is 0 Å². The van der Waals surface area contributed by atoms with Gasteiger partial charge in [-0.2, -0.15) is 102 Å². The summed E-state index contributed by atoms with van der Waals surface area (Å²) in [6.07, 6.45) is -22.1. The van der Waals surface area contributed by atoms with Gasteiger partial charge in [0.1, 0.15) is 0 Å². The second-order valence-electron chi connectivity index (χ2n) is 8.81. The summed E-state index contributed by atoms with van der Waals surface area (Å²) in [6, 6.07) is 24.8. The summed E-state index contributed by atoms with van der Waals surface area (Å²) in [5.74, 6) is 0. The van der Waals surface area contributed by atoms with E-state index in [-0.39, 0.29) is 26.2 Å². The van der Waals surface area contributed by atoms with Gasteiger partial charge in [0.2, 0.25) is 0 Å². The van der Waals surface area contributed by atoms with Crippen molar-refractivity contribution in [3.63, 3.8) is 0 Å². The Labute approximate surface area is 280 Å². The SMILES string of the molecule is OC(c1ccccn1)(C(F)(F)F)C(F)(F)F.OC(c1ccccn1)(C(F)(F)F)C(F)(F)F.[CH2-]c1ccccc1.[CH2-]c1ccccc1.[Zr+2]. The van der Waals surface area contributed by atoms with Crippen LogP contribution in [0, 0.1) is 13.8 Å². The van der Waals surface area contributed by atoms with Crippen LogP contribution in [-0.4, -0.2) is 44.9 Å². The molecule has 254 valence electrons. The molecule has 4 aromatic rings. The first-order valence-corrected chi connectivity index (χ1v) is 12.3. The van der Waals surface area contributed by atoms with Crippen LogP contribution in [0.2, 0.25) is 0 Å². The minimum Gasteiger partial charge on any atom is -0.368 e. The van der Waals surface area contributed by atoms with Crippen molar-refractivity contribution >= 4 is 0 Å². The van der Waals surface area contributed by atoms with E-state index < -0.39 is 47.3 Å². The molecule has 0 spiro atoms. The van der Waals surface area contributed by atoms with E-state index in [0.717, 1.165) is 47.8 Å². The van der Waals surface area contributed by atoms with Crippen LogP contribution in [0.3, 0.4) is 0 Å². The molecule has 0 atom stereocenters. The second-order valence-corrected chi connectivity index (χ2v) is 8.81. The fourth-order valence-corrected chi connectivity index (χ4v) is 3.01. The molecule has 17 heteroatoms. The molecular weight excluding hydrogens is 740 g/mol. The normalized spacial score (nSPS) is 12.0. The van der Waals surface area contributed by atoms with Crippen LogP contribution < -0.4 is 0 Å². The summed E-state index contributed by atoms with van der Waals surface area (Å²) in [5, 5.41) is 17.7. The molecule has 4 rings (SSSR count). The first-order chi connectivity index (χ1) is 21.0. The van der Waals surface area contributed by atoms with Gasteiger partial charge in [0.25, 0.3) is 11.2 Å². The monoisotopic (exact) mass is 762 g/mol. The standard InChI is InChI=1S/2C8H5F6NO.2C7H7.Zr/c2*9-7(10,11)6(16,8(12,13)14)5-3-1-2-4-15-5;2*1-7-5-3-2-4-6-7;/h2*1-4,16H;2*2-6H,1H2;/q;;2*-1;+2. The minimum atomic E-state index is -5.89. The zero-order valence-electron chi connectivity index (χ0n) is 23.6. The fraction of sp³-hybridized carbons (Fsp3) is 0.200. The Balaban J connectivity index is 0.000000636. The van der Waals surface area contributed by atoms with Gasteiger partial charge in [0.15, 0.2) is 0 Å². The van der Waals surface area contributed by atoms with Crippen LogP contribution in [-0.2, 0) is 37.4 Å². The molecule has 0 aliphatic carbocycles. The molecule has 2 aromatic carbocycles. The summed E-state index contributed by atoms with van der Waals surface area (Å²) < 4.78 is 147. The molecule has 0 saturated heterocycles. The number of alkyl halides is 12. The van der Waals surface area contributed by atoms with Gasteiger partial charge in [0.05, 0.1) is 11.4 Å². The van der Waals surface area contributed by atoms with Crippen LogP contribution >= 0.6 is 0 Å². The number of hydrogen-bond donors (Lipinski definition) is 2. The van der Waals surface area contributed by atoms with Crippen LogP contribution in [0.15, 0.2) is 109 Å².